The van der Waals surface area contributed by atoms with Crippen molar-refractivity contribution in [1.82, 2.24) is 5.32 Å². The Bertz CT molecular complexity index is 188. The second-order valence-corrected chi connectivity index (χ2v) is 6.80. The Morgan fingerprint density at radius 1 is 1.12 bits per heavy atom. The predicted octanol–water partition coefficient (Wildman–Crippen LogP) is 4.23. The molecule has 1 saturated carbocycles. The minimum atomic E-state index is 0.530. The summed E-state index contributed by atoms with van der Waals surface area (Å²) in [6.07, 6.45) is 7.13. The molecule has 0 aromatic rings. The molecule has 1 nitrogen and oxygen atoms in total. The lowest BCUT2D eigenvalue weighted by Crippen LogP contribution is -2.33. The number of hydrogen-bond donors (Lipinski definition) is 1. The van der Waals surface area contributed by atoms with Gasteiger partial charge in [0.25, 0.3) is 0 Å². The van der Waals surface area contributed by atoms with E-state index in [1.54, 1.807) is 0 Å². The molecule has 0 unspecified atom stereocenters. The van der Waals surface area contributed by atoms with Crippen molar-refractivity contribution in [2.24, 2.45) is 17.3 Å². The van der Waals surface area contributed by atoms with Gasteiger partial charge in [0.2, 0.25) is 0 Å². The third kappa shape index (κ3) is 4.45. The number of rotatable bonds is 5. The van der Waals surface area contributed by atoms with Gasteiger partial charge in [-0.15, -0.1) is 0 Å². The fourth-order valence-electron chi connectivity index (χ4n) is 2.93. The quantitative estimate of drug-likeness (QED) is 0.738. The molecule has 1 aliphatic rings. The summed E-state index contributed by atoms with van der Waals surface area (Å²) in [6.45, 7) is 13.0. The van der Waals surface area contributed by atoms with Crippen LogP contribution in [0.25, 0.3) is 0 Å². The lowest BCUT2D eigenvalue weighted by Gasteiger charge is -2.39. The Balaban J connectivity index is 2.32. The van der Waals surface area contributed by atoms with Gasteiger partial charge in [-0.05, 0) is 43.1 Å². The van der Waals surface area contributed by atoms with Gasteiger partial charge in [0, 0.05) is 6.04 Å². The summed E-state index contributed by atoms with van der Waals surface area (Å²) >= 11 is 0. The highest BCUT2D eigenvalue weighted by Gasteiger charge is 2.31. The average Bonchev–Trinajstić information content (AvgIpc) is 2.17. The predicted molar refractivity (Wildman–Crippen MR) is 72.7 cm³/mol. The molecular formula is C15H31N. The fourth-order valence-corrected chi connectivity index (χ4v) is 2.93. The molecule has 0 saturated heterocycles. The van der Waals surface area contributed by atoms with Crippen LogP contribution in [-0.4, -0.2) is 12.6 Å². The zero-order chi connectivity index (χ0) is 12.2. The Morgan fingerprint density at radius 3 is 2.19 bits per heavy atom. The van der Waals surface area contributed by atoms with E-state index in [-0.39, 0.29) is 0 Å². The van der Waals surface area contributed by atoms with Crippen LogP contribution in [0.4, 0.5) is 0 Å². The Morgan fingerprint density at radius 2 is 1.69 bits per heavy atom. The van der Waals surface area contributed by atoms with E-state index in [2.05, 4.69) is 39.9 Å². The first-order valence-corrected chi connectivity index (χ1v) is 7.15. The highest BCUT2D eigenvalue weighted by Crippen LogP contribution is 2.41. The van der Waals surface area contributed by atoms with Crippen molar-refractivity contribution in [2.75, 3.05) is 6.54 Å². The topological polar surface area (TPSA) is 12.0 Å². The van der Waals surface area contributed by atoms with E-state index in [1.807, 2.05) is 0 Å². The van der Waals surface area contributed by atoms with Crippen LogP contribution in [0.15, 0.2) is 0 Å². The molecule has 0 bridgehead atoms. The van der Waals surface area contributed by atoms with E-state index in [4.69, 9.17) is 0 Å². The van der Waals surface area contributed by atoms with Crippen LogP contribution in [0.2, 0.25) is 0 Å². The molecule has 0 amide bonds. The van der Waals surface area contributed by atoms with Gasteiger partial charge in [-0.2, -0.15) is 0 Å². The number of nitrogens with one attached hydrogen (secondary N) is 1. The second-order valence-electron chi connectivity index (χ2n) is 6.80. The van der Waals surface area contributed by atoms with Crippen molar-refractivity contribution < 1.29 is 0 Å². The van der Waals surface area contributed by atoms with Gasteiger partial charge in [0.05, 0.1) is 0 Å². The van der Waals surface area contributed by atoms with E-state index < -0.39 is 0 Å². The van der Waals surface area contributed by atoms with Gasteiger partial charge in [0.15, 0.2) is 0 Å². The molecule has 96 valence electrons. The maximum atomic E-state index is 3.55. The van der Waals surface area contributed by atoms with Crippen LogP contribution < -0.4 is 5.32 Å². The number of hydrogen-bond acceptors (Lipinski definition) is 1. The van der Waals surface area contributed by atoms with Crippen LogP contribution in [0.1, 0.15) is 66.7 Å². The SMILES string of the molecule is CC1CCC(C(C)(C)CCNC(C)C)CC1. The second kappa shape index (κ2) is 6.05. The van der Waals surface area contributed by atoms with Gasteiger partial charge >= 0.3 is 0 Å². The monoisotopic (exact) mass is 225 g/mol. The molecule has 0 atom stereocenters. The maximum Gasteiger partial charge on any atom is 0.00103 e. The first-order chi connectivity index (χ1) is 7.42. The fraction of sp³-hybridized carbons (Fsp3) is 1.00. The first kappa shape index (κ1) is 14.0. The lowest BCUT2D eigenvalue weighted by molar-refractivity contribution is 0.126. The molecule has 1 fully saturated rings. The smallest absolute Gasteiger partial charge is 0.00103 e. The molecule has 1 aliphatic carbocycles. The largest absolute Gasteiger partial charge is 0.315 e. The standard InChI is InChI=1S/C15H31N/c1-12(2)16-11-10-15(4,5)14-8-6-13(3)7-9-14/h12-14,16H,6-11H2,1-5H3. The molecule has 0 aliphatic heterocycles. The van der Waals surface area contributed by atoms with E-state index in [0.717, 1.165) is 11.8 Å². The summed E-state index contributed by atoms with van der Waals surface area (Å²) in [5, 5.41) is 3.55. The molecule has 0 heterocycles. The van der Waals surface area contributed by atoms with Crippen molar-refractivity contribution in [1.29, 1.82) is 0 Å². The molecule has 0 aromatic carbocycles. The Kier molecular flexibility index (Phi) is 5.30. The average molecular weight is 225 g/mol. The third-order valence-corrected chi connectivity index (χ3v) is 4.44. The zero-order valence-corrected chi connectivity index (χ0v) is 12.0. The van der Waals surface area contributed by atoms with Gasteiger partial charge in [-0.3, -0.25) is 0 Å². The van der Waals surface area contributed by atoms with Gasteiger partial charge < -0.3 is 5.32 Å². The Labute approximate surface area is 102 Å². The van der Waals surface area contributed by atoms with Crippen molar-refractivity contribution in [2.45, 2.75) is 72.8 Å². The van der Waals surface area contributed by atoms with Crippen LogP contribution in [0, 0.1) is 17.3 Å². The van der Waals surface area contributed by atoms with Crippen LogP contribution in [0.5, 0.6) is 0 Å². The molecule has 1 N–H and O–H groups in total. The molecule has 16 heavy (non-hydrogen) atoms. The minimum absolute atomic E-state index is 0.530. The summed E-state index contributed by atoms with van der Waals surface area (Å²) < 4.78 is 0. The van der Waals surface area contributed by atoms with Crippen molar-refractivity contribution in [3.8, 4) is 0 Å². The van der Waals surface area contributed by atoms with Crippen molar-refractivity contribution >= 4 is 0 Å². The molecule has 1 rings (SSSR count). The zero-order valence-electron chi connectivity index (χ0n) is 12.0. The summed E-state index contributed by atoms with van der Waals surface area (Å²) in [6, 6.07) is 0.627. The van der Waals surface area contributed by atoms with Gasteiger partial charge in [-0.25, -0.2) is 0 Å². The van der Waals surface area contributed by atoms with E-state index in [1.165, 1.54) is 38.6 Å². The van der Waals surface area contributed by atoms with Gasteiger partial charge in [-0.1, -0.05) is 47.5 Å². The lowest BCUT2D eigenvalue weighted by atomic mass is 9.67. The van der Waals surface area contributed by atoms with Crippen LogP contribution in [-0.2, 0) is 0 Å². The van der Waals surface area contributed by atoms with E-state index in [9.17, 15) is 0 Å². The minimum Gasteiger partial charge on any atom is -0.315 e. The van der Waals surface area contributed by atoms with E-state index >= 15 is 0 Å². The maximum absolute atomic E-state index is 3.55. The summed E-state index contributed by atoms with van der Waals surface area (Å²) in [5.41, 5.74) is 0.530. The molecule has 0 aromatic heterocycles. The first-order valence-electron chi connectivity index (χ1n) is 7.15. The molecular weight excluding hydrogens is 194 g/mol. The van der Waals surface area contributed by atoms with E-state index in [0.29, 0.717) is 11.5 Å². The Hall–Kier alpha value is -0.0400. The highest BCUT2D eigenvalue weighted by molar-refractivity contribution is 4.83. The van der Waals surface area contributed by atoms with Crippen LogP contribution in [0.3, 0.4) is 0 Å². The molecule has 0 spiro atoms. The molecule has 0 radical (unpaired) electrons. The summed E-state index contributed by atoms with van der Waals surface area (Å²) in [7, 11) is 0. The molecule has 1 heteroatoms. The summed E-state index contributed by atoms with van der Waals surface area (Å²) in [4.78, 5) is 0. The van der Waals surface area contributed by atoms with Crippen molar-refractivity contribution in [3.05, 3.63) is 0 Å². The normalized spacial score (nSPS) is 27.4. The van der Waals surface area contributed by atoms with Crippen molar-refractivity contribution in [3.63, 3.8) is 0 Å². The highest BCUT2D eigenvalue weighted by atomic mass is 14.9. The summed E-state index contributed by atoms with van der Waals surface area (Å²) in [5.74, 6) is 1.93. The third-order valence-electron chi connectivity index (χ3n) is 4.44. The van der Waals surface area contributed by atoms with Crippen LogP contribution >= 0.6 is 0 Å². The van der Waals surface area contributed by atoms with Gasteiger partial charge in [0.1, 0.15) is 0 Å².